The van der Waals surface area contributed by atoms with E-state index in [0.717, 1.165) is 58.7 Å². The van der Waals surface area contributed by atoms with Crippen LogP contribution in [-0.4, -0.2) is 61.3 Å². The quantitative estimate of drug-likeness (QED) is 0.922. The molecule has 1 N–H and O–H groups in total. The van der Waals surface area contributed by atoms with Crippen LogP contribution in [0.5, 0.6) is 0 Å². The smallest absolute Gasteiger partial charge is 0.410 e. The molecule has 124 valence electrons. The van der Waals surface area contributed by atoms with Crippen LogP contribution < -0.4 is 5.32 Å². The molecule has 0 radical (unpaired) electrons. The molecule has 1 saturated carbocycles. The molecule has 4 rings (SSSR count). The number of hydrogen-bond acceptors (Lipinski definition) is 4. The zero-order valence-corrected chi connectivity index (χ0v) is 13.5. The second kappa shape index (κ2) is 6.13. The van der Waals surface area contributed by atoms with Gasteiger partial charge in [-0.05, 0) is 18.4 Å². The molecule has 1 aromatic carbocycles. The van der Waals surface area contributed by atoms with Crippen molar-refractivity contribution in [1.29, 1.82) is 0 Å². The Morgan fingerprint density at radius 2 is 1.87 bits per heavy atom. The number of rotatable bonds is 3. The van der Waals surface area contributed by atoms with Crippen molar-refractivity contribution in [1.82, 2.24) is 15.1 Å². The molecule has 23 heavy (non-hydrogen) atoms. The molecule has 5 nitrogen and oxygen atoms in total. The molecule has 0 bridgehead atoms. The number of amides is 1. The van der Waals surface area contributed by atoms with Crippen molar-refractivity contribution in [2.24, 2.45) is 5.41 Å². The first-order valence-electron chi connectivity index (χ1n) is 8.65. The van der Waals surface area contributed by atoms with Crippen molar-refractivity contribution in [3.63, 3.8) is 0 Å². The SMILES string of the molecule is O=C(OC1CC2(C1)CN(Cc1ccccc1)C2)N1CCNCC1. The fraction of sp³-hybridized carbons (Fsp3) is 0.611. The molecule has 5 heteroatoms. The summed E-state index contributed by atoms with van der Waals surface area (Å²) in [6.07, 6.45) is 2.09. The molecule has 1 aromatic rings. The van der Waals surface area contributed by atoms with Crippen LogP contribution in [0.1, 0.15) is 18.4 Å². The second-order valence-electron chi connectivity index (χ2n) is 7.28. The Hall–Kier alpha value is -1.59. The summed E-state index contributed by atoms with van der Waals surface area (Å²) in [4.78, 5) is 16.4. The number of ether oxygens (including phenoxy) is 1. The van der Waals surface area contributed by atoms with Gasteiger partial charge in [0.2, 0.25) is 0 Å². The molecule has 0 unspecified atom stereocenters. The van der Waals surface area contributed by atoms with Gasteiger partial charge >= 0.3 is 6.09 Å². The van der Waals surface area contributed by atoms with E-state index in [2.05, 4.69) is 40.5 Å². The number of piperazine rings is 1. The summed E-state index contributed by atoms with van der Waals surface area (Å²) in [5.74, 6) is 0. The van der Waals surface area contributed by atoms with E-state index in [1.165, 1.54) is 5.56 Å². The van der Waals surface area contributed by atoms with Gasteiger partial charge in [-0.15, -0.1) is 0 Å². The highest BCUT2D eigenvalue weighted by molar-refractivity contribution is 5.68. The Bertz CT molecular complexity index is 543. The molecule has 2 heterocycles. The first-order valence-corrected chi connectivity index (χ1v) is 8.65. The van der Waals surface area contributed by atoms with E-state index < -0.39 is 0 Å². The molecule has 1 amide bonds. The lowest BCUT2D eigenvalue weighted by Crippen LogP contribution is -2.64. The highest BCUT2D eigenvalue weighted by Gasteiger charge is 2.53. The van der Waals surface area contributed by atoms with E-state index in [1.54, 1.807) is 0 Å². The molecule has 1 spiro atoms. The summed E-state index contributed by atoms with van der Waals surface area (Å²) in [5, 5.41) is 3.25. The average Bonchev–Trinajstić information content (AvgIpc) is 2.52. The minimum absolute atomic E-state index is 0.119. The fourth-order valence-electron chi connectivity index (χ4n) is 4.17. The van der Waals surface area contributed by atoms with E-state index in [1.807, 2.05) is 4.90 Å². The van der Waals surface area contributed by atoms with Gasteiger partial charge in [0.1, 0.15) is 6.10 Å². The lowest BCUT2D eigenvalue weighted by Gasteiger charge is -2.58. The Balaban J connectivity index is 1.18. The van der Waals surface area contributed by atoms with Gasteiger partial charge in [-0.1, -0.05) is 30.3 Å². The Labute approximate surface area is 137 Å². The van der Waals surface area contributed by atoms with Crippen molar-refractivity contribution in [2.45, 2.75) is 25.5 Å². The van der Waals surface area contributed by atoms with E-state index in [-0.39, 0.29) is 12.2 Å². The van der Waals surface area contributed by atoms with Crippen LogP contribution in [0.3, 0.4) is 0 Å². The molecule has 1 aliphatic carbocycles. The summed E-state index contributed by atoms with van der Waals surface area (Å²) in [6, 6.07) is 10.6. The zero-order valence-electron chi connectivity index (χ0n) is 13.5. The highest BCUT2D eigenvalue weighted by Crippen LogP contribution is 2.50. The van der Waals surface area contributed by atoms with Crippen LogP contribution in [-0.2, 0) is 11.3 Å². The molecule has 3 aliphatic rings. The van der Waals surface area contributed by atoms with Gasteiger partial charge < -0.3 is 15.0 Å². The standard InChI is InChI=1S/C18H25N3O2/c22-17(21-8-6-19-7-9-21)23-16-10-18(11-16)13-20(14-18)12-15-4-2-1-3-5-15/h1-5,16,19H,6-14H2. The molecule has 0 aromatic heterocycles. The van der Waals surface area contributed by atoms with E-state index in [9.17, 15) is 4.79 Å². The van der Waals surface area contributed by atoms with Crippen LogP contribution in [0.2, 0.25) is 0 Å². The number of hydrogen-bond donors (Lipinski definition) is 1. The molecule has 2 aliphatic heterocycles. The normalized spacial score (nSPS) is 24.1. The van der Waals surface area contributed by atoms with Gasteiger partial charge in [-0.25, -0.2) is 4.79 Å². The molecular formula is C18H25N3O2. The third-order valence-electron chi connectivity index (χ3n) is 5.33. The third-order valence-corrected chi connectivity index (χ3v) is 5.33. The largest absolute Gasteiger partial charge is 0.446 e. The van der Waals surface area contributed by atoms with Crippen LogP contribution in [0.25, 0.3) is 0 Å². The summed E-state index contributed by atoms with van der Waals surface area (Å²) >= 11 is 0. The van der Waals surface area contributed by atoms with E-state index in [4.69, 9.17) is 4.74 Å². The topological polar surface area (TPSA) is 44.8 Å². The Morgan fingerprint density at radius 3 is 2.57 bits per heavy atom. The van der Waals surface area contributed by atoms with Crippen LogP contribution >= 0.6 is 0 Å². The molecular weight excluding hydrogens is 290 g/mol. The maximum Gasteiger partial charge on any atom is 0.410 e. The minimum atomic E-state index is -0.119. The average molecular weight is 315 g/mol. The van der Waals surface area contributed by atoms with Crippen LogP contribution in [0.15, 0.2) is 30.3 Å². The number of nitrogens with one attached hydrogen (secondary N) is 1. The predicted molar refractivity (Wildman–Crippen MR) is 88.1 cm³/mol. The summed E-state index contributed by atoms with van der Waals surface area (Å²) in [7, 11) is 0. The predicted octanol–water partition coefficient (Wildman–Crippen LogP) is 1.69. The number of carbonyl (C=O) groups is 1. The molecule has 0 atom stereocenters. The number of benzene rings is 1. The monoisotopic (exact) mass is 315 g/mol. The summed E-state index contributed by atoms with van der Waals surface area (Å²) in [5.41, 5.74) is 1.80. The van der Waals surface area contributed by atoms with Crippen molar-refractivity contribution in [3.8, 4) is 0 Å². The number of likely N-dealkylation sites (tertiary alicyclic amines) is 1. The number of nitrogens with zero attached hydrogens (tertiary/aromatic N) is 2. The van der Waals surface area contributed by atoms with Crippen molar-refractivity contribution >= 4 is 6.09 Å². The van der Waals surface area contributed by atoms with Crippen molar-refractivity contribution in [3.05, 3.63) is 35.9 Å². The Kier molecular flexibility index (Phi) is 3.99. The van der Waals surface area contributed by atoms with Gasteiger partial charge in [0, 0.05) is 51.2 Å². The number of carbonyl (C=O) groups excluding carboxylic acids is 1. The fourth-order valence-corrected chi connectivity index (χ4v) is 4.17. The van der Waals surface area contributed by atoms with Crippen LogP contribution in [0, 0.1) is 5.41 Å². The summed E-state index contributed by atoms with van der Waals surface area (Å²) < 4.78 is 5.65. The summed E-state index contributed by atoms with van der Waals surface area (Å²) in [6.45, 7) is 6.60. The zero-order chi connectivity index (χ0) is 15.7. The molecule has 3 fully saturated rings. The van der Waals surface area contributed by atoms with Gasteiger partial charge in [0.25, 0.3) is 0 Å². The second-order valence-corrected chi connectivity index (χ2v) is 7.28. The van der Waals surface area contributed by atoms with Crippen molar-refractivity contribution < 1.29 is 9.53 Å². The van der Waals surface area contributed by atoms with Gasteiger partial charge in [-0.2, -0.15) is 0 Å². The maximum absolute atomic E-state index is 12.1. The first kappa shape index (κ1) is 15.0. The van der Waals surface area contributed by atoms with Gasteiger partial charge in [0.05, 0.1) is 0 Å². The lowest BCUT2D eigenvalue weighted by atomic mass is 9.61. The maximum atomic E-state index is 12.1. The third kappa shape index (κ3) is 3.21. The molecule has 2 saturated heterocycles. The lowest BCUT2D eigenvalue weighted by molar-refractivity contribution is -0.136. The highest BCUT2D eigenvalue weighted by atomic mass is 16.6. The first-order chi connectivity index (χ1) is 11.2. The van der Waals surface area contributed by atoms with Crippen molar-refractivity contribution in [2.75, 3.05) is 39.3 Å². The van der Waals surface area contributed by atoms with E-state index >= 15 is 0 Å². The Morgan fingerprint density at radius 1 is 1.17 bits per heavy atom. The van der Waals surface area contributed by atoms with Gasteiger partial charge in [0.15, 0.2) is 0 Å². The minimum Gasteiger partial charge on any atom is -0.446 e. The van der Waals surface area contributed by atoms with Gasteiger partial charge in [-0.3, -0.25) is 4.90 Å². The van der Waals surface area contributed by atoms with Crippen LogP contribution in [0.4, 0.5) is 4.79 Å². The van der Waals surface area contributed by atoms with E-state index in [0.29, 0.717) is 5.41 Å².